The summed E-state index contributed by atoms with van der Waals surface area (Å²) in [4.78, 5) is 28.1. The molecule has 0 heterocycles. The minimum atomic E-state index is -0.582. The number of benzene rings is 2. The number of hydrogen-bond acceptors (Lipinski definition) is 3. The summed E-state index contributed by atoms with van der Waals surface area (Å²) in [5, 5.41) is 3.76. The van der Waals surface area contributed by atoms with Crippen molar-refractivity contribution in [2.24, 2.45) is 0 Å². The Balaban J connectivity index is 1.77. The number of nitrogens with one attached hydrogen (secondary N) is 1. The molecule has 1 N–H and O–H groups in total. The van der Waals surface area contributed by atoms with Crippen LogP contribution in [0.1, 0.15) is 56.6 Å². The molecule has 2 aromatic carbocycles. The number of carbonyl (C=O) groups is 2. The van der Waals surface area contributed by atoms with Gasteiger partial charge in [0, 0.05) is 17.6 Å². The van der Waals surface area contributed by atoms with Crippen LogP contribution in [0.3, 0.4) is 0 Å². The summed E-state index contributed by atoms with van der Waals surface area (Å²) in [5.41, 5.74) is 1.77. The summed E-state index contributed by atoms with van der Waals surface area (Å²) >= 11 is 6.38. The molecule has 0 unspecified atom stereocenters. The normalized spacial score (nSPS) is 15.1. The third kappa shape index (κ3) is 6.49. The Morgan fingerprint density at radius 3 is 2.47 bits per heavy atom. The summed E-state index contributed by atoms with van der Waals surface area (Å²) < 4.78 is 5.82. The first-order chi connectivity index (χ1) is 15.5. The van der Waals surface area contributed by atoms with Gasteiger partial charge in [-0.05, 0) is 49.4 Å². The summed E-state index contributed by atoms with van der Waals surface area (Å²) in [5.74, 6) is 0.327. The van der Waals surface area contributed by atoms with E-state index in [-0.39, 0.29) is 31.0 Å². The van der Waals surface area contributed by atoms with Crippen molar-refractivity contribution in [3.8, 4) is 5.75 Å². The zero-order valence-electron chi connectivity index (χ0n) is 19.0. The predicted octanol–water partition coefficient (Wildman–Crippen LogP) is 5.28. The van der Waals surface area contributed by atoms with Gasteiger partial charge in [-0.3, -0.25) is 9.59 Å². The van der Waals surface area contributed by atoms with Gasteiger partial charge in [0.15, 0.2) is 6.61 Å². The molecular weight excluding hydrogens is 424 g/mol. The Morgan fingerprint density at radius 2 is 1.78 bits per heavy atom. The minimum absolute atomic E-state index is 0.101. The summed E-state index contributed by atoms with van der Waals surface area (Å²) in [7, 11) is 0. The molecule has 0 saturated heterocycles. The molecule has 0 radical (unpaired) electrons. The highest BCUT2D eigenvalue weighted by atomic mass is 35.5. The monoisotopic (exact) mass is 456 g/mol. The molecule has 0 aromatic heterocycles. The molecule has 6 heteroatoms. The second-order valence-electron chi connectivity index (χ2n) is 8.43. The fraction of sp³-hybridized carbons (Fsp3) is 0.462. The van der Waals surface area contributed by atoms with Gasteiger partial charge in [-0.1, -0.05) is 74.2 Å². The van der Waals surface area contributed by atoms with Crippen LogP contribution in [0, 0.1) is 6.92 Å². The van der Waals surface area contributed by atoms with Gasteiger partial charge in [-0.2, -0.15) is 0 Å². The van der Waals surface area contributed by atoms with E-state index in [0.29, 0.717) is 17.2 Å². The van der Waals surface area contributed by atoms with Gasteiger partial charge in [-0.15, -0.1) is 0 Å². The van der Waals surface area contributed by atoms with Crippen molar-refractivity contribution in [3.63, 3.8) is 0 Å². The van der Waals surface area contributed by atoms with E-state index in [9.17, 15) is 9.59 Å². The van der Waals surface area contributed by atoms with Crippen LogP contribution in [0.25, 0.3) is 0 Å². The first-order valence-electron chi connectivity index (χ1n) is 11.5. The molecule has 5 nitrogen and oxygen atoms in total. The molecule has 1 aliphatic carbocycles. The smallest absolute Gasteiger partial charge is 0.261 e. The number of carbonyl (C=O) groups excluding carboxylic acids is 2. The summed E-state index contributed by atoms with van der Waals surface area (Å²) in [6.45, 7) is 3.99. The maximum atomic E-state index is 13.3. The molecule has 1 aliphatic rings. The Labute approximate surface area is 196 Å². The third-order valence-corrected chi connectivity index (χ3v) is 6.45. The van der Waals surface area contributed by atoms with Crippen LogP contribution in [-0.4, -0.2) is 35.4 Å². The number of amides is 2. The Morgan fingerprint density at radius 1 is 1.09 bits per heavy atom. The summed E-state index contributed by atoms with van der Waals surface area (Å²) in [6, 6.07) is 14.6. The van der Waals surface area contributed by atoms with Crippen LogP contribution >= 0.6 is 11.6 Å². The molecule has 2 amide bonds. The van der Waals surface area contributed by atoms with Crippen molar-refractivity contribution in [2.45, 2.75) is 71.0 Å². The van der Waals surface area contributed by atoms with E-state index in [1.165, 1.54) is 6.42 Å². The van der Waals surface area contributed by atoms with Gasteiger partial charge in [0.2, 0.25) is 5.91 Å². The second-order valence-corrected chi connectivity index (χ2v) is 8.84. The van der Waals surface area contributed by atoms with E-state index in [2.05, 4.69) is 5.32 Å². The third-order valence-electron chi connectivity index (χ3n) is 6.08. The topological polar surface area (TPSA) is 58.6 Å². The van der Waals surface area contributed by atoms with Crippen LogP contribution in [0.15, 0.2) is 48.5 Å². The molecule has 3 rings (SSSR count). The van der Waals surface area contributed by atoms with Crippen LogP contribution in [-0.2, 0) is 16.1 Å². The van der Waals surface area contributed by atoms with Crippen molar-refractivity contribution in [1.29, 1.82) is 0 Å². The van der Waals surface area contributed by atoms with E-state index in [1.807, 2.05) is 56.3 Å². The van der Waals surface area contributed by atoms with Gasteiger partial charge in [0.25, 0.3) is 5.91 Å². The fourth-order valence-corrected chi connectivity index (χ4v) is 4.41. The van der Waals surface area contributed by atoms with E-state index in [4.69, 9.17) is 16.3 Å². The van der Waals surface area contributed by atoms with E-state index < -0.39 is 6.04 Å². The molecule has 2 aromatic rings. The van der Waals surface area contributed by atoms with Crippen LogP contribution in [0.4, 0.5) is 0 Å². The van der Waals surface area contributed by atoms with Gasteiger partial charge in [0.05, 0.1) is 0 Å². The van der Waals surface area contributed by atoms with Gasteiger partial charge < -0.3 is 15.0 Å². The molecule has 1 saturated carbocycles. The molecule has 0 aliphatic heterocycles. The lowest BCUT2D eigenvalue weighted by Gasteiger charge is -2.33. The van der Waals surface area contributed by atoms with Crippen molar-refractivity contribution in [1.82, 2.24) is 10.2 Å². The molecule has 172 valence electrons. The molecule has 0 bridgehead atoms. The number of rotatable bonds is 9. The highest BCUT2D eigenvalue weighted by Gasteiger charge is 2.31. The molecule has 1 atom stereocenters. The second kappa shape index (κ2) is 11.9. The lowest BCUT2D eigenvalue weighted by Crippen LogP contribution is -2.52. The van der Waals surface area contributed by atoms with E-state index >= 15 is 0 Å². The van der Waals surface area contributed by atoms with E-state index in [1.54, 1.807) is 11.0 Å². The van der Waals surface area contributed by atoms with Gasteiger partial charge >= 0.3 is 0 Å². The van der Waals surface area contributed by atoms with Gasteiger partial charge in [0.1, 0.15) is 11.8 Å². The van der Waals surface area contributed by atoms with Crippen molar-refractivity contribution >= 4 is 23.4 Å². The number of halogens is 1. The minimum Gasteiger partial charge on any atom is -0.484 e. The number of nitrogens with zero attached hydrogens (tertiary/aromatic N) is 1. The Bertz CT molecular complexity index is 911. The quantitative estimate of drug-likeness (QED) is 0.558. The maximum absolute atomic E-state index is 13.3. The zero-order chi connectivity index (χ0) is 22.9. The lowest BCUT2D eigenvalue weighted by molar-refractivity contribution is -0.143. The first-order valence-corrected chi connectivity index (χ1v) is 11.9. The fourth-order valence-electron chi connectivity index (χ4n) is 4.21. The molecular formula is C26H33ClN2O3. The van der Waals surface area contributed by atoms with Crippen LogP contribution in [0.2, 0.25) is 5.02 Å². The number of hydrogen-bond donors (Lipinski definition) is 1. The Hall–Kier alpha value is -2.53. The standard InChI is InChI=1S/C26H33ClN2O3/c1-3-23(26(31)28-21-13-5-4-6-14-21)29(17-20-12-8-9-15-22(20)27)25(30)18-32-24-16-10-7-11-19(24)2/h7-12,15-16,21,23H,3-6,13-14,17-18H2,1-2H3,(H,28,31)/t23-/m1/s1. The highest BCUT2D eigenvalue weighted by molar-refractivity contribution is 6.31. The van der Waals surface area contributed by atoms with Crippen LogP contribution in [0.5, 0.6) is 5.75 Å². The van der Waals surface area contributed by atoms with Crippen molar-refractivity contribution in [3.05, 3.63) is 64.7 Å². The Kier molecular flexibility index (Phi) is 8.98. The molecule has 0 spiro atoms. The molecule has 32 heavy (non-hydrogen) atoms. The molecule has 1 fully saturated rings. The predicted molar refractivity (Wildman–Crippen MR) is 128 cm³/mol. The SMILES string of the molecule is CC[C@H](C(=O)NC1CCCCC1)N(Cc1ccccc1Cl)C(=O)COc1ccccc1C. The average Bonchev–Trinajstić information content (AvgIpc) is 2.80. The van der Waals surface area contributed by atoms with Gasteiger partial charge in [-0.25, -0.2) is 0 Å². The average molecular weight is 457 g/mol. The van der Waals surface area contributed by atoms with Crippen molar-refractivity contribution < 1.29 is 14.3 Å². The lowest BCUT2D eigenvalue weighted by atomic mass is 9.95. The zero-order valence-corrected chi connectivity index (χ0v) is 19.7. The first kappa shape index (κ1) is 24.1. The maximum Gasteiger partial charge on any atom is 0.261 e. The number of para-hydroxylation sites is 1. The van der Waals surface area contributed by atoms with Crippen molar-refractivity contribution in [2.75, 3.05) is 6.61 Å². The number of ether oxygens (including phenoxy) is 1. The largest absolute Gasteiger partial charge is 0.484 e. The van der Waals surface area contributed by atoms with E-state index in [0.717, 1.165) is 36.8 Å². The summed E-state index contributed by atoms with van der Waals surface area (Å²) in [6.07, 6.45) is 5.99. The highest BCUT2D eigenvalue weighted by Crippen LogP contribution is 2.22. The number of aryl methyl sites for hydroxylation is 1. The van der Waals surface area contributed by atoms with Crippen LogP contribution < -0.4 is 10.1 Å².